The van der Waals surface area contributed by atoms with Crippen LogP contribution in [0.2, 0.25) is 5.02 Å². The summed E-state index contributed by atoms with van der Waals surface area (Å²) >= 11 is 5.86. The number of ether oxygens (including phenoxy) is 2. The number of carbonyl (C=O) groups is 1. The molecule has 4 rings (SSSR count). The number of carbonyl (C=O) groups excluding carboxylic acids is 1. The van der Waals surface area contributed by atoms with Crippen LogP contribution in [0, 0.1) is 0 Å². The minimum absolute atomic E-state index is 0.0320. The molecule has 8 nitrogen and oxygen atoms in total. The van der Waals surface area contributed by atoms with Crippen LogP contribution in [0.3, 0.4) is 0 Å². The van der Waals surface area contributed by atoms with Crippen molar-refractivity contribution in [1.29, 1.82) is 0 Å². The van der Waals surface area contributed by atoms with Gasteiger partial charge in [0.15, 0.2) is 5.84 Å². The third-order valence-corrected chi connectivity index (χ3v) is 4.95. The molecule has 0 aliphatic rings. The van der Waals surface area contributed by atoms with Gasteiger partial charge in [0.05, 0.1) is 5.56 Å². The molecule has 37 heavy (non-hydrogen) atoms. The summed E-state index contributed by atoms with van der Waals surface area (Å²) in [6.45, 7) is 0. The second-order valence-corrected chi connectivity index (χ2v) is 7.67. The zero-order valence-corrected chi connectivity index (χ0v) is 19.4. The van der Waals surface area contributed by atoms with Gasteiger partial charge in [0.25, 0.3) is 0 Å². The molecule has 188 valence electrons. The second kappa shape index (κ2) is 11.0. The van der Waals surface area contributed by atoms with E-state index >= 15 is 0 Å². The molecule has 4 aromatic rings. The number of alkyl halides is 3. The van der Waals surface area contributed by atoms with E-state index < -0.39 is 17.7 Å². The Balaban J connectivity index is 1.42. The van der Waals surface area contributed by atoms with Crippen LogP contribution in [0.15, 0.2) is 90.3 Å². The molecule has 0 amide bonds. The third-order valence-electron chi connectivity index (χ3n) is 4.68. The average Bonchev–Trinajstić information content (AvgIpc) is 2.89. The van der Waals surface area contributed by atoms with Crippen molar-refractivity contribution in [2.75, 3.05) is 0 Å². The van der Waals surface area contributed by atoms with Crippen molar-refractivity contribution < 1.29 is 32.3 Å². The molecule has 2 N–H and O–H groups in total. The van der Waals surface area contributed by atoms with E-state index in [1.165, 1.54) is 42.6 Å². The van der Waals surface area contributed by atoms with Crippen LogP contribution < -0.4 is 15.2 Å². The molecule has 2 aromatic carbocycles. The Labute approximate surface area is 213 Å². The standard InChI is InChI=1S/C25H16ClF3N4O4/c26-20-13-16(25(27,28)29)14-32-23(20)36-18-10-8-15(9-11-18)21(30)33-37-24(34)19-7-4-12-31-22(19)35-17-5-2-1-3-6-17/h1-14H,(H2,30,33). The Kier molecular flexibility index (Phi) is 7.54. The highest BCUT2D eigenvalue weighted by Crippen LogP contribution is 2.34. The number of amidine groups is 1. The lowest BCUT2D eigenvalue weighted by atomic mass is 10.2. The van der Waals surface area contributed by atoms with E-state index in [4.69, 9.17) is 31.6 Å². The van der Waals surface area contributed by atoms with E-state index in [1.54, 1.807) is 24.3 Å². The maximum atomic E-state index is 12.8. The van der Waals surface area contributed by atoms with E-state index in [0.717, 1.165) is 6.07 Å². The van der Waals surface area contributed by atoms with Gasteiger partial charge < -0.3 is 20.0 Å². The number of pyridine rings is 2. The molecule has 0 bridgehead atoms. The summed E-state index contributed by atoms with van der Waals surface area (Å²) in [5, 5.41) is 3.35. The molecule has 0 saturated carbocycles. The first-order valence-electron chi connectivity index (χ1n) is 10.4. The molecule has 0 aliphatic carbocycles. The fraction of sp³-hybridized carbons (Fsp3) is 0.0400. The van der Waals surface area contributed by atoms with Crippen molar-refractivity contribution in [2.24, 2.45) is 10.9 Å². The summed E-state index contributed by atoms with van der Waals surface area (Å²) in [5.74, 6) is -0.438. The van der Waals surface area contributed by atoms with Crippen molar-refractivity contribution in [3.8, 4) is 23.3 Å². The van der Waals surface area contributed by atoms with Gasteiger partial charge in [0.1, 0.15) is 22.1 Å². The fourth-order valence-corrected chi connectivity index (χ4v) is 3.09. The number of rotatable bonds is 7. The zero-order chi connectivity index (χ0) is 26.4. The van der Waals surface area contributed by atoms with Gasteiger partial charge in [-0.3, -0.25) is 0 Å². The van der Waals surface area contributed by atoms with Crippen LogP contribution in [-0.2, 0) is 11.0 Å². The van der Waals surface area contributed by atoms with E-state index in [1.807, 2.05) is 6.07 Å². The van der Waals surface area contributed by atoms with Crippen LogP contribution in [0.4, 0.5) is 13.2 Å². The van der Waals surface area contributed by atoms with Crippen LogP contribution in [0.5, 0.6) is 23.3 Å². The van der Waals surface area contributed by atoms with Gasteiger partial charge in [-0.15, -0.1) is 0 Å². The molecule has 0 saturated heterocycles. The first kappa shape index (κ1) is 25.5. The first-order valence-corrected chi connectivity index (χ1v) is 10.8. The van der Waals surface area contributed by atoms with E-state index in [9.17, 15) is 18.0 Å². The van der Waals surface area contributed by atoms with Gasteiger partial charge in [-0.05, 0) is 54.6 Å². The van der Waals surface area contributed by atoms with E-state index in [-0.39, 0.29) is 33.9 Å². The van der Waals surface area contributed by atoms with E-state index in [2.05, 4.69) is 15.1 Å². The summed E-state index contributed by atoms with van der Waals surface area (Å²) in [5.41, 5.74) is 5.32. The van der Waals surface area contributed by atoms with Gasteiger partial charge >= 0.3 is 12.1 Å². The number of para-hydroxylation sites is 1. The lowest BCUT2D eigenvalue weighted by Crippen LogP contribution is -2.15. The Hall–Kier alpha value is -4.64. The second-order valence-electron chi connectivity index (χ2n) is 7.26. The molecule has 2 heterocycles. The predicted octanol–water partition coefficient (Wildman–Crippen LogP) is 6.21. The summed E-state index contributed by atoms with van der Waals surface area (Å²) in [6, 6.07) is 18.4. The Morgan fingerprint density at radius 2 is 1.57 bits per heavy atom. The smallest absolute Gasteiger partial charge is 0.417 e. The number of nitrogens with two attached hydrogens (primary N) is 1. The van der Waals surface area contributed by atoms with Crippen LogP contribution in [0.1, 0.15) is 21.5 Å². The van der Waals surface area contributed by atoms with E-state index in [0.29, 0.717) is 17.5 Å². The molecule has 0 unspecified atom stereocenters. The van der Waals surface area contributed by atoms with Crippen LogP contribution in [-0.4, -0.2) is 21.8 Å². The van der Waals surface area contributed by atoms with Gasteiger partial charge in [0.2, 0.25) is 11.8 Å². The number of nitrogens with zero attached hydrogens (tertiary/aromatic N) is 3. The number of halogens is 4. The maximum absolute atomic E-state index is 12.8. The molecule has 0 spiro atoms. The molecular weight excluding hydrogens is 513 g/mol. The average molecular weight is 529 g/mol. The topological polar surface area (TPSA) is 109 Å². The zero-order valence-electron chi connectivity index (χ0n) is 18.6. The summed E-state index contributed by atoms with van der Waals surface area (Å²) < 4.78 is 49.4. The number of aromatic nitrogens is 2. The third kappa shape index (κ3) is 6.53. The lowest BCUT2D eigenvalue weighted by Gasteiger charge is -2.10. The van der Waals surface area contributed by atoms with Crippen LogP contribution >= 0.6 is 11.6 Å². The molecule has 0 atom stereocenters. The lowest BCUT2D eigenvalue weighted by molar-refractivity contribution is -0.137. The van der Waals surface area contributed by atoms with Crippen LogP contribution in [0.25, 0.3) is 0 Å². The molecule has 0 fully saturated rings. The maximum Gasteiger partial charge on any atom is 0.417 e. The Morgan fingerprint density at radius 3 is 2.24 bits per heavy atom. The molecule has 0 aliphatic heterocycles. The van der Waals surface area contributed by atoms with Crippen molar-refractivity contribution >= 4 is 23.4 Å². The highest BCUT2D eigenvalue weighted by Gasteiger charge is 2.31. The SMILES string of the molecule is N/C(=N\OC(=O)c1cccnc1Oc1ccccc1)c1ccc(Oc2ncc(C(F)(F)F)cc2Cl)cc1. The minimum atomic E-state index is -4.58. The van der Waals surface area contributed by atoms with Crippen molar-refractivity contribution in [3.63, 3.8) is 0 Å². The minimum Gasteiger partial charge on any atom is -0.438 e. The summed E-state index contributed by atoms with van der Waals surface area (Å²) in [6.07, 6.45) is -2.50. The molecular formula is C25H16ClF3N4O4. The van der Waals surface area contributed by atoms with Gasteiger partial charge in [-0.1, -0.05) is 35.0 Å². The quantitative estimate of drug-likeness (QED) is 0.131. The normalized spacial score (nSPS) is 11.6. The summed E-state index contributed by atoms with van der Waals surface area (Å²) in [7, 11) is 0. The fourth-order valence-electron chi connectivity index (χ4n) is 2.88. The van der Waals surface area contributed by atoms with Crippen molar-refractivity contribution in [2.45, 2.75) is 6.18 Å². The van der Waals surface area contributed by atoms with Gasteiger partial charge in [0, 0.05) is 18.0 Å². The number of oxime groups is 1. The molecule has 0 radical (unpaired) electrons. The van der Waals surface area contributed by atoms with Gasteiger partial charge in [-0.25, -0.2) is 14.8 Å². The molecule has 2 aromatic heterocycles. The number of benzene rings is 2. The first-order chi connectivity index (χ1) is 17.7. The predicted molar refractivity (Wildman–Crippen MR) is 128 cm³/mol. The van der Waals surface area contributed by atoms with Crippen molar-refractivity contribution in [3.05, 3.63) is 107 Å². The highest BCUT2D eigenvalue weighted by molar-refractivity contribution is 6.31. The summed E-state index contributed by atoms with van der Waals surface area (Å²) in [4.78, 5) is 25.2. The van der Waals surface area contributed by atoms with Gasteiger partial charge in [-0.2, -0.15) is 13.2 Å². The number of hydrogen-bond donors (Lipinski definition) is 1. The largest absolute Gasteiger partial charge is 0.438 e. The number of hydrogen-bond acceptors (Lipinski definition) is 7. The molecule has 12 heteroatoms. The monoisotopic (exact) mass is 528 g/mol. The van der Waals surface area contributed by atoms with Crippen molar-refractivity contribution in [1.82, 2.24) is 9.97 Å². The highest BCUT2D eigenvalue weighted by atomic mass is 35.5. The Morgan fingerprint density at radius 1 is 0.892 bits per heavy atom. The Bertz CT molecular complexity index is 1430.